The third kappa shape index (κ3) is 3.48. The molecule has 0 radical (unpaired) electrons. The van der Waals surface area contributed by atoms with Gasteiger partial charge in [0.05, 0.1) is 17.9 Å². The second kappa shape index (κ2) is 8.54. The number of aryl methyl sites for hydroxylation is 1. The quantitative estimate of drug-likeness (QED) is 0.336. The zero-order valence-corrected chi connectivity index (χ0v) is 19.5. The first kappa shape index (κ1) is 21.9. The Balaban J connectivity index is 1.41. The number of nitrogens with zero attached hydrogens (tertiary/aromatic N) is 5. The minimum Gasteiger partial charge on any atom is -0.494 e. The molecule has 2 aliphatic rings. The Morgan fingerprint density at radius 2 is 1.72 bits per heavy atom. The van der Waals surface area contributed by atoms with Gasteiger partial charge in [-0.05, 0) is 50.1 Å². The Bertz CT molecular complexity index is 1620. The molecule has 0 bridgehead atoms. The molecule has 0 spiro atoms. The lowest BCUT2D eigenvalue weighted by atomic mass is 9.98. The fraction of sp³-hybridized carbons (Fsp3) is 0.179. The maximum Gasteiger partial charge on any atom is 0.198 e. The third-order valence-electron chi connectivity index (χ3n) is 6.59. The highest BCUT2D eigenvalue weighted by atomic mass is 19.1. The van der Waals surface area contributed by atoms with Gasteiger partial charge in [0.25, 0.3) is 0 Å². The van der Waals surface area contributed by atoms with E-state index < -0.39 is 0 Å². The van der Waals surface area contributed by atoms with Crippen molar-refractivity contribution in [2.45, 2.75) is 32.9 Å². The summed E-state index contributed by atoms with van der Waals surface area (Å²) in [6, 6.07) is 12.2. The minimum absolute atomic E-state index is 0.0488. The first-order valence-electron chi connectivity index (χ1n) is 11.6. The van der Waals surface area contributed by atoms with Crippen LogP contribution in [0.15, 0.2) is 59.6 Å². The van der Waals surface area contributed by atoms with Crippen LogP contribution in [-0.2, 0) is 25.9 Å². The number of hydrogen-bond donors (Lipinski definition) is 2. The standard InChI is InChI=1S/C28H22FN5O2/c1-17-31-32-25-16-30-26(21-10-4-5-11-23(21)29)22-15-18(12-13-24(22)34(17)25)7-6-14-33-27(35)19-8-2-3-9-20(19)28(33)36/h2-5,10-13,15,35-36H,8-9,14,16H2,1H3. The second-order valence-electron chi connectivity index (χ2n) is 8.75. The average molecular weight is 480 g/mol. The molecule has 0 saturated heterocycles. The van der Waals surface area contributed by atoms with Gasteiger partial charge in [0.2, 0.25) is 0 Å². The van der Waals surface area contributed by atoms with Gasteiger partial charge in [0, 0.05) is 27.8 Å². The van der Waals surface area contributed by atoms with Crippen molar-refractivity contribution in [3.8, 4) is 29.3 Å². The number of halogens is 1. The van der Waals surface area contributed by atoms with E-state index in [9.17, 15) is 14.6 Å². The van der Waals surface area contributed by atoms with Gasteiger partial charge in [-0.15, -0.1) is 10.2 Å². The van der Waals surface area contributed by atoms with Crippen LogP contribution in [0.1, 0.15) is 39.5 Å². The Labute approximate surface area is 206 Å². The lowest BCUT2D eigenvalue weighted by Gasteiger charge is -2.13. The summed E-state index contributed by atoms with van der Waals surface area (Å²) in [6.07, 6.45) is 5.13. The van der Waals surface area contributed by atoms with Gasteiger partial charge in [-0.25, -0.2) is 4.39 Å². The van der Waals surface area contributed by atoms with E-state index in [0.29, 0.717) is 41.3 Å². The van der Waals surface area contributed by atoms with Crippen LogP contribution in [0.2, 0.25) is 0 Å². The molecule has 2 N–H and O–H groups in total. The molecule has 0 atom stereocenters. The largest absolute Gasteiger partial charge is 0.494 e. The number of fused-ring (bicyclic) bond motifs is 4. The summed E-state index contributed by atoms with van der Waals surface area (Å²) in [4.78, 5) is 4.71. The molecule has 7 nitrogen and oxygen atoms in total. The lowest BCUT2D eigenvalue weighted by Crippen LogP contribution is -2.10. The topological polar surface area (TPSA) is 88.5 Å². The van der Waals surface area contributed by atoms with E-state index in [1.54, 1.807) is 18.2 Å². The van der Waals surface area contributed by atoms with E-state index in [2.05, 4.69) is 22.0 Å². The Morgan fingerprint density at radius 1 is 0.972 bits per heavy atom. The number of hydrogen-bond acceptors (Lipinski definition) is 5. The molecule has 178 valence electrons. The number of aliphatic imine (C=N–C) groups is 1. The monoisotopic (exact) mass is 479 g/mol. The molecular formula is C28H22FN5O2. The summed E-state index contributed by atoms with van der Waals surface area (Å²) in [5.41, 5.74) is 4.64. The van der Waals surface area contributed by atoms with Crippen LogP contribution in [-0.4, -0.2) is 35.3 Å². The third-order valence-corrected chi connectivity index (χ3v) is 6.59. The van der Waals surface area contributed by atoms with Crippen LogP contribution in [0, 0.1) is 24.6 Å². The van der Waals surface area contributed by atoms with Crippen molar-refractivity contribution in [3.63, 3.8) is 0 Å². The molecule has 4 aromatic rings. The highest BCUT2D eigenvalue weighted by Gasteiger charge is 2.24. The van der Waals surface area contributed by atoms with Crippen LogP contribution in [0.4, 0.5) is 4.39 Å². The number of rotatable bonds is 2. The molecule has 0 fully saturated rings. The van der Waals surface area contributed by atoms with Gasteiger partial charge >= 0.3 is 0 Å². The van der Waals surface area contributed by atoms with Crippen molar-refractivity contribution in [1.29, 1.82) is 0 Å². The molecule has 1 aliphatic heterocycles. The minimum atomic E-state index is -0.356. The van der Waals surface area contributed by atoms with Gasteiger partial charge in [-0.3, -0.25) is 14.1 Å². The van der Waals surface area contributed by atoms with Gasteiger partial charge in [-0.1, -0.05) is 36.1 Å². The highest BCUT2D eigenvalue weighted by Crippen LogP contribution is 2.36. The van der Waals surface area contributed by atoms with E-state index in [0.717, 1.165) is 22.4 Å². The zero-order valence-electron chi connectivity index (χ0n) is 19.5. The first-order valence-corrected chi connectivity index (χ1v) is 11.6. The van der Waals surface area contributed by atoms with E-state index in [4.69, 9.17) is 4.99 Å². The fourth-order valence-electron chi connectivity index (χ4n) is 4.84. The summed E-state index contributed by atoms with van der Waals surface area (Å²) in [7, 11) is 0. The summed E-state index contributed by atoms with van der Waals surface area (Å²) in [5, 5.41) is 29.6. The smallest absolute Gasteiger partial charge is 0.198 e. The SMILES string of the molecule is Cc1nnc2n1-c1ccc(C#CCn3c(O)c4c(c3O)CC=CC4)cc1C(c1ccccc1F)=NC2. The molecule has 8 heteroatoms. The molecular weight excluding hydrogens is 457 g/mol. The summed E-state index contributed by atoms with van der Waals surface area (Å²) in [5.74, 6) is 7.30. The Hall–Kier alpha value is -4.64. The van der Waals surface area contributed by atoms with Crippen molar-refractivity contribution in [1.82, 2.24) is 19.3 Å². The molecule has 36 heavy (non-hydrogen) atoms. The van der Waals surface area contributed by atoms with Crippen LogP contribution >= 0.6 is 0 Å². The Kier molecular flexibility index (Phi) is 5.19. The molecule has 2 aromatic heterocycles. The summed E-state index contributed by atoms with van der Waals surface area (Å²) >= 11 is 0. The van der Waals surface area contributed by atoms with Crippen LogP contribution in [0.3, 0.4) is 0 Å². The maximum atomic E-state index is 14.8. The van der Waals surface area contributed by atoms with Crippen molar-refractivity contribution in [3.05, 3.63) is 99.9 Å². The number of aromatic nitrogens is 4. The molecule has 3 heterocycles. The highest BCUT2D eigenvalue weighted by molar-refractivity contribution is 6.15. The molecule has 0 unspecified atom stereocenters. The summed E-state index contributed by atoms with van der Waals surface area (Å²) in [6.45, 7) is 2.27. The molecule has 0 saturated carbocycles. The van der Waals surface area contributed by atoms with Crippen molar-refractivity contribution >= 4 is 5.71 Å². The number of benzene rings is 2. The first-order chi connectivity index (χ1) is 17.5. The average Bonchev–Trinajstić information content (AvgIpc) is 3.31. The van der Waals surface area contributed by atoms with Crippen molar-refractivity contribution in [2.24, 2.45) is 4.99 Å². The van der Waals surface area contributed by atoms with Gasteiger partial charge in [-0.2, -0.15) is 0 Å². The van der Waals surface area contributed by atoms with Crippen LogP contribution in [0.5, 0.6) is 11.8 Å². The van der Waals surface area contributed by atoms with Gasteiger partial charge in [0.15, 0.2) is 17.6 Å². The van der Waals surface area contributed by atoms with E-state index in [1.165, 1.54) is 10.6 Å². The van der Waals surface area contributed by atoms with Gasteiger partial charge in [0.1, 0.15) is 18.2 Å². The lowest BCUT2D eigenvalue weighted by molar-refractivity contribution is 0.378. The van der Waals surface area contributed by atoms with Crippen LogP contribution in [0.25, 0.3) is 5.69 Å². The van der Waals surface area contributed by atoms with E-state index in [-0.39, 0.29) is 30.7 Å². The molecule has 0 amide bonds. The summed E-state index contributed by atoms with van der Waals surface area (Å²) < 4.78 is 18.2. The van der Waals surface area contributed by atoms with Gasteiger partial charge < -0.3 is 10.2 Å². The molecule has 2 aromatic carbocycles. The van der Waals surface area contributed by atoms with E-state index in [1.807, 2.05) is 41.8 Å². The Morgan fingerprint density at radius 3 is 2.47 bits per heavy atom. The fourth-order valence-corrected chi connectivity index (χ4v) is 4.84. The normalized spacial score (nSPS) is 13.7. The number of allylic oxidation sites excluding steroid dienone is 2. The van der Waals surface area contributed by atoms with Crippen LogP contribution < -0.4 is 0 Å². The van der Waals surface area contributed by atoms with Crippen molar-refractivity contribution < 1.29 is 14.6 Å². The zero-order chi connectivity index (χ0) is 24.8. The second-order valence-corrected chi connectivity index (χ2v) is 8.75. The predicted molar refractivity (Wildman–Crippen MR) is 133 cm³/mol. The predicted octanol–water partition coefficient (Wildman–Crippen LogP) is 3.99. The van der Waals surface area contributed by atoms with Crippen molar-refractivity contribution in [2.75, 3.05) is 0 Å². The molecule has 1 aliphatic carbocycles. The number of aromatic hydroxyl groups is 2. The maximum absolute atomic E-state index is 14.8. The van der Waals surface area contributed by atoms with E-state index >= 15 is 0 Å². The molecule has 6 rings (SSSR count).